The Bertz CT molecular complexity index is 937. The summed E-state index contributed by atoms with van der Waals surface area (Å²) >= 11 is 1.42. The van der Waals surface area contributed by atoms with Gasteiger partial charge in [0.15, 0.2) is 12.3 Å². The van der Waals surface area contributed by atoms with Crippen molar-refractivity contribution in [1.82, 2.24) is 20.3 Å². The fraction of sp³-hybridized carbons (Fsp3) is 0.316. The molecule has 0 bridgehead atoms. The minimum absolute atomic E-state index is 0.00831. The number of ether oxygens (including phenoxy) is 1. The van der Waals surface area contributed by atoms with E-state index in [2.05, 4.69) is 20.3 Å². The number of nitrogens with one attached hydrogen (secondary N) is 1. The van der Waals surface area contributed by atoms with Crippen molar-refractivity contribution in [2.75, 3.05) is 6.61 Å². The summed E-state index contributed by atoms with van der Waals surface area (Å²) < 4.78 is 6.12. The molecular weight excluding hydrogens is 364 g/mol. The van der Waals surface area contributed by atoms with Gasteiger partial charge >= 0.3 is 5.97 Å². The Morgan fingerprint density at radius 2 is 1.89 bits per heavy atom. The van der Waals surface area contributed by atoms with E-state index in [0.717, 1.165) is 10.2 Å². The Kier molecular flexibility index (Phi) is 5.75. The lowest BCUT2D eigenvalue weighted by Gasteiger charge is -2.17. The van der Waals surface area contributed by atoms with Crippen LogP contribution in [-0.2, 0) is 9.53 Å². The fourth-order valence-corrected chi connectivity index (χ4v) is 3.24. The molecule has 1 N–H and O–H groups in total. The lowest BCUT2D eigenvalue weighted by molar-refractivity contribution is -0.125. The quantitative estimate of drug-likeness (QED) is 0.657. The van der Waals surface area contributed by atoms with Gasteiger partial charge in [0, 0.05) is 18.4 Å². The van der Waals surface area contributed by atoms with E-state index in [9.17, 15) is 9.59 Å². The third-order valence-electron chi connectivity index (χ3n) is 4.11. The van der Waals surface area contributed by atoms with Crippen LogP contribution in [0.2, 0.25) is 0 Å². The molecule has 3 aromatic rings. The molecule has 0 saturated carbocycles. The summed E-state index contributed by atoms with van der Waals surface area (Å²) in [5.74, 6) is -0.769. The van der Waals surface area contributed by atoms with Gasteiger partial charge in [-0.2, -0.15) is 0 Å². The number of aromatic nitrogens is 3. The van der Waals surface area contributed by atoms with E-state index < -0.39 is 5.97 Å². The van der Waals surface area contributed by atoms with Crippen LogP contribution >= 0.6 is 11.3 Å². The molecule has 1 atom stereocenters. The van der Waals surface area contributed by atoms with Gasteiger partial charge < -0.3 is 10.1 Å². The average molecular weight is 384 g/mol. The lowest BCUT2D eigenvalue weighted by Crippen LogP contribution is -2.38. The average Bonchev–Trinajstić information content (AvgIpc) is 3.10. The van der Waals surface area contributed by atoms with Gasteiger partial charge in [0.05, 0.1) is 10.2 Å². The third-order valence-corrected chi connectivity index (χ3v) is 5.15. The summed E-state index contributed by atoms with van der Waals surface area (Å²) in [5.41, 5.74) is 1.21. The maximum Gasteiger partial charge on any atom is 0.359 e. The van der Waals surface area contributed by atoms with Gasteiger partial charge in [0.1, 0.15) is 10.7 Å². The highest BCUT2D eigenvalue weighted by molar-refractivity contribution is 7.21. The summed E-state index contributed by atoms with van der Waals surface area (Å²) in [6.45, 7) is 5.53. The summed E-state index contributed by atoms with van der Waals surface area (Å²) in [6.07, 6.45) is 2.91. The smallest absolute Gasteiger partial charge is 0.359 e. The molecule has 2 aromatic heterocycles. The van der Waals surface area contributed by atoms with Crippen molar-refractivity contribution >= 4 is 33.4 Å². The number of para-hydroxylation sites is 1. The van der Waals surface area contributed by atoms with Gasteiger partial charge in [0.25, 0.3) is 5.91 Å². The van der Waals surface area contributed by atoms with E-state index in [1.165, 1.54) is 23.7 Å². The first-order valence-corrected chi connectivity index (χ1v) is 9.40. The van der Waals surface area contributed by atoms with Crippen molar-refractivity contribution in [2.24, 2.45) is 5.92 Å². The van der Waals surface area contributed by atoms with Crippen molar-refractivity contribution < 1.29 is 14.3 Å². The van der Waals surface area contributed by atoms with Gasteiger partial charge in [-0.15, -0.1) is 11.3 Å². The molecule has 3 rings (SSSR count). The molecule has 1 amide bonds. The van der Waals surface area contributed by atoms with Crippen LogP contribution in [-0.4, -0.2) is 39.5 Å². The number of hydrogen-bond donors (Lipinski definition) is 1. The molecule has 7 nitrogen and oxygen atoms in total. The van der Waals surface area contributed by atoms with Crippen LogP contribution in [0.15, 0.2) is 36.7 Å². The molecule has 0 unspecified atom stereocenters. The standard InChI is InChI=1S/C19H20N4O3S/c1-11(2)12(3)22-15(24)10-26-19(25)17-16(20-8-9-21-17)18-23-13-6-4-5-7-14(13)27-18/h4-9,11-12H,10H2,1-3H3,(H,22,24)/t12-/m0/s1. The molecule has 2 heterocycles. The van der Waals surface area contributed by atoms with Gasteiger partial charge in [-0.25, -0.2) is 19.7 Å². The predicted octanol–water partition coefficient (Wildman–Crippen LogP) is 3.07. The first-order chi connectivity index (χ1) is 13.0. The van der Waals surface area contributed by atoms with Crippen LogP contribution in [0.5, 0.6) is 0 Å². The Morgan fingerprint density at radius 1 is 1.15 bits per heavy atom. The minimum atomic E-state index is -0.704. The maximum absolute atomic E-state index is 12.5. The number of nitrogens with zero attached hydrogens (tertiary/aromatic N) is 3. The molecule has 0 aliphatic rings. The van der Waals surface area contributed by atoms with Crippen LogP contribution in [0.3, 0.4) is 0 Å². The number of amides is 1. The molecule has 0 spiro atoms. The van der Waals surface area contributed by atoms with E-state index in [4.69, 9.17) is 4.74 Å². The third kappa shape index (κ3) is 4.46. The number of hydrogen-bond acceptors (Lipinski definition) is 7. The molecule has 0 aliphatic heterocycles. The SMILES string of the molecule is CC(C)[C@H](C)NC(=O)COC(=O)c1nccnc1-c1nc2ccccc2s1. The lowest BCUT2D eigenvalue weighted by atomic mass is 10.1. The maximum atomic E-state index is 12.5. The van der Waals surface area contributed by atoms with E-state index in [-0.39, 0.29) is 30.2 Å². The number of fused-ring (bicyclic) bond motifs is 1. The summed E-state index contributed by atoms with van der Waals surface area (Å²) in [6, 6.07) is 7.65. The summed E-state index contributed by atoms with van der Waals surface area (Å²) in [5, 5.41) is 3.37. The first kappa shape index (κ1) is 18.9. The summed E-state index contributed by atoms with van der Waals surface area (Å²) in [7, 11) is 0. The molecular formula is C19H20N4O3S. The molecule has 0 fully saturated rings. The van der Waals surface area contributed by atoms with Crippen LogP contribution in [0, 0.1) is 5.92 Å². The van der Waals surface area contributed by atoms with Crippen molar-refractivity contribution in [1.29, 1.82) is 0 Å². The van der Waals surface area contributed by atoms with Gasteiger partial charge in [-0.05, 0) is 25.0 Å². The van der Waals surface area contributed by atoms with Crippen LogP contribution in [0.4, 0.5) is 0 Å². The number of thiazole rings is 1. The normalized spacial score (nSPS) is 12.1. The van der Waals surface area contributed by atoms with Crippen molar-refractivity contribution in [3.63, 3.8) is 0 Å². The highest BCUT2D eigenvalue weighted by Gasteiger charge is 2.21. The predicted molar refractivity (Wildman–Crippen MR) is 103 cm³/mol. The molecule has 0 saturated heterocycles. The highest BCUT2D eigenvalue weighted by atomic mass is 32.1. The van der Waals surface area contributed by atoms with Gasteiger partial charge in [0.2, 0.25) is 0 Å². The molecule has 1 aromatic carbocycles. The second kappa shape index (κ2) is 8.22. The monoisotopic (exact) mass is 384 g/mol. The molecule has 27 heavy (non-hydrogen) atoms. The zero-order valence-corrected chi connectivity index (χ0v) is 16.1. The second-order valence-corrected chi connectivity index (χ2v) is 7.45. The molecule has 0 aliphatic carbocycles. The number of esters is 1. The first-order valence-electron chi connectivity index (χ1n) is 8.59. The van der Waals surface area contributed by atoms with E-state index in [0.29, 0.717) is 10.7 Å². The molecule has 140 valence electrons. The Morgan fingerprint density at radius 3 is 2.63 bits per heavy atom. The zero-order chi connectivity index (χ0) is 19.4. The Balaban J connectivity index is 1.75. The van der Waals surface area contributed by atoms with Crippen molar-refractivity contribution in [3.05, 3.63) is 42.4 Å². The van der Waals surface area contributed by atoms with Crippen LogP contribution in [0.1, 0.15) is 31.3 Å². The second-order valence-electron chi connectivity index (χ2n) is 6.42. The van der Waals surface area contributed by atoms with E-state index in [1.54, 1.807) is 0 Å². The Labute approximate surface area is 160 Å². The van der Waals surface area contributed by atoms with Gasteiger partial charge in [-0.3, -0.25) is 4.79 Å². The van der Waals surface area contributed by atoms with E-state index >= 15 is 0 Å². The number of benzene rings is 1. The van der Waals surface area contributed by atoms with E-state index in [1.807, 2.05) is 45.0 Å². The molecule has 8 heteroatoms. The largest absolute Gasteiger partial charge is 0.451 e. The topological polar surface area (TPSA) is 94.1 Å². The number of carbonyl (C=O) groups excluding carboxylic acids is 2. The molecule has 0 radical (unpaired) electrons. The fourth-order valence-electron chi connectivity index (χ4n) is 2.28. The summed E-state index contributed by atoms with van der Waals surface area (Å²) in [4.78, 5) is 37.2. The van der Waals surface area contributed by atoms with Gasteiger partial charge in [-0.1, -0.05) is 26.0 Å². The minimum Gasteiger partial charge on any atom is -0.451 e. The highest BCUT2D eigenvalue weighted by Crippen LogP contribution is 2.30. The van der Waals surface area contributed by atoms with Crippen molar-refractivity contribution in [3.8, 4) is 10.7 Å². The zero-order valence-electron chi connectivity index (χ0n) is 15.3. The Hall–Kier alpha value is -2.87. The number of rotatable bonds is 6. The van der Waals surface area contributed by atoms with Crippen molar-refractivity contribution in [2.45, 2.75) is 26.8 Å². The van der Waals surface area contributed by atoms with Crippen LogP contribution < -0.4 is 5.32 Å². The van der Waals surface area contributed by atoms with Crippen LogP contribution in [0.25, 0.3) is 20.9 Å². The number of carbonyl (C=O) groups is 2.